The predicted molar refractivity (Wildman–Crippen MR) is 109 cm³/mol. The maximum Gasteiger partial charge on any atom is 0.344 e. The quantitative estimate of drug-likeness (QED) is 0.571. The van der Waals surface area contributed by atoms with E-state index in [0.29, 0.717) is 11.5 Å². The number of aromatic nitrogens is 3. The van der Waals surface area contributed by atoms with E-state index in [1.807, 2.05) is 0 Å². The van der Waals surface area contributed by atoms with E-state index >= 15 is 0 Å². The van der Waals surface area contributed by atoms with Gasteiger partial charge in [0.05, 0.1) is 30.7 Å². The molecule has 3 aromatic rings. The minimum Gasteiger partial charge on any atom is -0.462 e. The zero-order chi connectivity index (χ0) is 22.5. The van der Waals surface area contributed by atoms with Crippen molar-refractivity contribution in [2.24, 2.45) is 0 Å². The summed E-state index contributed by atoms with van der Waals surface area (Å²) in [6.07, 6.45) is 3.00. The highest BCUT2D eigenvalue weighted by Gasteiger charge is 2.32. The number of hydrogen-bond acceptors (Lipinski definition) is 8. The molecule has 0 aliphatic heterocycles. The molecule has 3 heterocycles. The van der Waals surface area contributed by atoms with E-state index in [0.717, 1.165) is 0 Å². The van der Waals surface area contributed by atoms with Crippen LogP contribution in [0.5, 0.6) is 0 Å². The first-order valence-electron chi connectivity index (χ1n) is 9.64. The van der Waals surface area contributed by atoms with E-state index in [-0.39, 0.29) is 41.5 Å². The third-order valence-corrected chi connectivity index (χ3v) is 4.39. The number of nitrogens with one attached hydrogen (secondary N) is 1. The fourth-order valence-electron chi connectivity index (χ4n) is 2.99. The largest absolute Gasteiger partial charge is 0.462 e. The van der Waals surface area contributed by atoms with Crippen LogP contribution in [-0.2, 0) is 9.47 Å². The van der Waals surface area contributed by atoms with Crippen molar-refractivity contribution in [3.8, 4) is 5.82 Å². The first kappa shape index (κ1) is 21.8. The lowest BCUT2D eigenvalue weighted by Gasteiger charge is -2.07. The number of aryl methyl sites for hydroxylation is 1. The molecule has 10 nitrogen and oxygen atoms in total. The van der Waals surface area contributed by atoms with Crippen LogP contribution in [0.25, 0.3) is 5.82 Å². The maximum absolute atomic E-state index is 12.9. The Labute approximate surface area is 178 Å². The number of carbonyl (C=O) groups is 3. The lowest BCUT2D eigenvalue weighted by Crippen LogP contribution is -2.18. The lowest BCUT2D eigenvalue weighted by molar-refractivity contribution is 0.0480. The highest BCUT2D eigenvalue weighted by molar-refractivity contribution is 6.11. The van der Waals surface area contributed by atoms with Gasteiger partial charge in [0.15, 0.2) is 5.82 Å². The van der Waals surface area contributed by atoms with Crippen LogP contribution in [0.2, 0.25) is 0 Å². The topological polar surface area (TPSA) is 126 Å². The van der Waals surface area contributed by atoms with E-state index in [1.54, 1.807) is 45.2 Å². The summed E-state index contributed by atoms with van der Waals surface area (Å²) in [4.78, 5) is 42.0. The highest BCUT2D eigenvalue weighted by Crippen LogP contribution is 2.29. The average Bonchev–Trinajstić information content (AvgIpc) is 3.28. The number of hydrogen-bond donors (Lipinski definition) is 1. The maximum atomic E-state index is 12.9. The van der Waals surface area contributed by atoms with Gasteiger partial charge in [-0.3, -0.25) is 10.1 Å². The summed E-state index contributed by atoms with van der Waals surface area (Å²) >= 11 is 0. The smallest absolute Gasteiger partial charge is 0.344 e. The fourth-order valence-corrected chi connectivity index (χ4v) is 2.99. The molecule has 3 rings (SSSR count). The van der Waals surface area contributed by atoms with E-state index in [9.17, 15) is 14.4 Å². The van der Waals surface area contributed by atoms with E-state index < -0.39 is 17.8 Å². The van der Waals surface area contributed by atoms with Crippen molar-refractivity contribution in [1.82, 2.24) is 14.8 Å². The van der Waals surface area contributed by atoms with Crippen molar-refractivity contribution in [2.45, 2.75) is 27.7 Å². The molecule has 0 fully saturated rings. The molecule has 0 unspecified atom stereocenters. The third-order valence-electron chi connectivity index (χ3n) is 4.39. The molecule has 3 aromatic heterocycles. The monoisotopic (exact) mass is 426 g/mol. The molecule has 0 spiro atoms. The van der Waals surface area contributed by atoms with Crippen LogP contribution >= 0.6 is 0 Å². The lowest BCUT2D eigenvalue weighted by atomic mass is 10.1. The molecule has 10 heteroatoms. The minimum absolute atomic E-state index is 0.0780. The first-order chi connectivity index (χ1) is 14.9. The van der Waals surface area contributed by atoms with E-state index in [4.69, 9.17) is 13.9 Å². The van der Waals surface area contributed by atoms with Gasteiger partial charge in [-0.25, -0.2) is 19.3 Å². The molecule has 31 heavy (non-hydrogen) atoms. The molecule has 0 radical (unpaired) electrons. The highest BCUT2D eigenvalue weighted by atomic mass is 16.5. The number of furan rings is 1. The molecular weight excluding hydrogens is 404 g/mol. The molecule has 162 valence electrons. The van der Waals surface area contributed by atoms with E-state index in [2.05, 4.69) is 15.4 Å². The summed E-state index contributed by atoms with van der Waals surface area (Å²) in [5, 5.41) is 6.75. The summed E-state index contributed by atoms with van der Waals surface area (Å²) in [5.74, 6) is -1.66. The molecule has 1 amide bonds. The van der Waals surface area contributed by atoms with Crippen LogP contribution in [0, 0.1) is 13.8 Å². The van der Waals surface area contributed by atoms with Crippen molar-refractivity contribution in [3.63, 3.8) is 0 Å². The van der Waals surface area contributed by atoms with Gasteiger partial charge in [-0.2, -0.15) is 5.10 Å². The standard InChI is InChI=1S/C21H22N4O6/c1-5-29-20(27)16-13(4)31-19(17(16)21(28)30-6-2)24-18(26)14-11-23-25(12(14)3)15-9-7-8-10-22-15/h7-11H,5-6H2,1-4H3,(H,24,26). The molecule has 0 saturated carbocycles. The molecule has 1 N–H and O–H groups in total. The zero-order valence-electron chi connectivity index (χ0n) is 17.6. The van der Waals surface area contributed by atoms with Gasteiger partial charge >= 0.3 is 11.9 Å². The Morgan fingerprint density at radius 2 is 1.74 bits per heavy atom. The van der Waals surface area contributed by atoms with Gasteiger partial charge in [0.2, 0.25) is 5.88 Å². The number of anilines is 1. The van der Waals surface area contributed by atoms with Crippen LogP contribution in [0.4, 0.5) is 5.88 Å². The SMILES string of the molecule is CCOC(=O)c1c(C)oc(NC(=O)c2cnn(-c3ccccn3)c2C)c1C(=O)OCC. The first-order valence-corrected chi connectivity index (χ1v) is 9.64. The molecule has 0 aliphatic rings. The molecule has 0 bridgehead atoms. The van der Waals surface area contributed by atoms with Crippen molar-refractivity contribution < 1.29 is 28.3 Å². The average molecular weight is 426 g/mol. The number of esters is 2. The summed E-state index contributed by atoms with van der Waals surface area (Å²) < 4.78 is 17.1. The van der Waals surface area contributed by atoms with Gasteiger partial charge in [0.25, 0.3) is 5.91 Å². The molecule has 0 aromatic carbocycles. The van der Waals surface area contributed by atoms with Crippen LogP contribution in [0.3, 0.4) is 0 Å². The molecule has 0 saturated heterocycles. The van der Waals surface area contributed by atoms with Crippen LogP contribution in [-0.4, -0.2) is 45.8 Å². The molecule has 0 aliphatic carbocycles. The van der Waals surface area contributed by atoms with Crippen molar-refractivity contribution in [2.75, 3.05) is 18.5 Å². The number of rotatable bonds is 7. The third kappa shape index (κ3) is 4.32. The van der Waals surface area contributed by atoms with Gasteiger partial charge < -0.3 is 13.9 Å². The zero-order valence-corrected chi connectivity index (χ0v) is 17.6. The van der Waals surface area contributed by atoms with Gasteiger partial charge in [-0.1, -0.05) is 6.07 Å². The van der Waals surface area contributed by atoms with Crippen molar-refractivity contribution in [1.29, 1.82) is 0 Å². The summed E-state index contributed by atoms with van der Waals surface area (Å²) in [6, 6.07) is 5.33. The Hall–Kier alpha value is -3.95. The number of nitrogens with zero attached hydrogens (tertiary/aromatic N) is 3. The van der Waals surface area contributed by atoms with Gasteiger partial charge in [0.1, 0.15) is 16.9 Å². The van der Waals surface area contributed by atoms with E-state index in [1.165, 1.54) is 17.8 Å². The second-order valence-corrected chi connectivity index (χ2v) is 6.38. The van der Waals surface area contributed by atoms with Gasteiger partial charge in [-0.15, -0.1) is 0 Å². The second-order valence-electron chi connectivity index (χ2n) is 6.38. The number of pyridine rings is 1. The normalized spacial score (nSPS) is 10.6. The number of carbonyl (C=O) groups excluding carboxylic acids is 3. The van der Waals surface area contributed by atoms with Crippen molar-refractivity contribution >= 4 is 23.7 Å². The van der Waals surface area contributed by atoms with Crippen LogP contribution in [0.15, 0.2) is 35.0 Å². The van der Waals surface area contributed by atoms with Crippen LogP contribution < -0.4 is 5.32 Å². The summed E-state index contributed by atoms with van der Waals surface area (Å²) in [6.45, 7) is 6.66. The minimum atomic E-state index is -0.807. The predicted octanol–water partition coefficient (Wildman–Crippen LogP) is 3.08. The Bertz CT molecular complexity index is 1120. The Morgan fingerprint density at radius 3 is 2.35 bits per heavy atom. The fraction of sp³-hybridized carbons (Fsp3) is 0.286. The number of ether oxygens (including phenoxy) is 2. The second kappa shape index (κ2) is 9.24. The summed E-state index contributed by atoms with van der Waals surface area (Å²) in [5.41, 5.74) is 0.493. The van der Waals surface area contributed by atoms with Crippen molar-refractivity contribution in [3.05, 3.63) is 58.7 Å². The number of amides is 1. The summed E-state index contributed by atoms with van der Waals surface area (Å²) in [7, 11) is 0. The molecule has 0 atom stereocenters. The Morgan fingerprint density at radius 1 is 1.06 bits per heavy atom. The molecular formula is C21H22N4O6. The Balaban J connectivity index is 1.96. The Kier molecular flexibility index (Phi) is 6.49. The van der Waals surface area contributed by atoms with Gasteiger partial charge in [-0.05, 0) is 39.8 Å². The van der Waals surface area contributed by atoms with Gasteiger partial charge in [0, 0.05) is 6.20 Å². The van der Waals surface area contributed by atoms with Crippen LogP contribution in [0.1, 0.15) is 56.4 Å².